The van der Waals surface area contributed by atoms with Crippen LogP contribution in [0, 0.1) is 0 Å². The Labute approximate surface area is 153 Å². The van der Waals surface area contributed by atoms with Crippen LogP contribution in [0.2, 0.25) is 0 Å². The van der Waals surface area contributed by atoms with Gasteiger partial charge in [-0.05, 0) is 25.1 Å². The summed E-state index contributed by atoms with van der Waals surface area (Å²) in [5, 5.41) is 10.1. The lowest BCUT2D eigenvalue weighted by Gasteiger charge is -2.02. The topological polar surface area (TPSA) is 82.2 Å². The van der Waals surface area contributed by atoms with E-state index in [0.717, 1.165) is 5.39 Å². The molecule has 1 N–H and O–H groups in total. The zero-order valence-corrected chi connectivity index (χ0v) is 15.0. The molecule has 7 nitrogen and oxygen atoms in total. The Morgan fingerprint density at radius 3 is 3.04 bits per heavy atom. The van der Waals surface area contributed by atoms with Gasteiger partial charge in [0.25, 0.3) is 5.91 Å². The third kappa shape index (κ3) is 3.06. The van der Waals surface area contributed by atoms with Crippen LogP contribution in [0.5, 0.6) is 5.75 Å². The van der Waals surface area contributed by atoms with Crippen molar-refractivity contribution in [3.8, 4) is 17.2 Å². The molecule has 26 heavy (non-hydrogen) atoms. The third-order valence-electron chi connectivity index (χ3n) is 3.73. The minimum atomic E-state index is -0.297. The van der Waals surface area contributed by atoms with Crippen LogP contribution in [0.25, 0.3) is 22.4 Å². The Morgan fingerprint density at radius 2 is 2.27 bits per heavy atom. The molecule has 0 unspecified atom stereocenters. The number of para-hydroxylation sites is 1. The van der Waals surface area contributed by atoms with Gasteiger partial charge in [-0.15, -0.1) is 11.3 Å². The van der Waals surface area contributed by atoms with Gasteiger partial charge in [0, 0.05) is 24.0 Å². The molecule has 0 spiro atoms. The first-order chi connectivity index (χ1) is 12.6. The quantitative estimate of drug-likeness (QED) is 0.577. The number of benzene rings is 1. The van der Waals surface area contributed by atoms with Crippen LogP contribution in [-0.4, -0.2) is 27.3 Å². The molecule has 0 radical (unpaired) electrons. The lowest BCUT2D eigenvalue weighted by molar-refractivity contribution is 0.102. The number of anilines is 1. The number of nitrogens with one attached hydrogen (secondary N) is 1. The standard InChI is InChI=1S/C18H16N4O3S/c1-3-24-14-6-4-5-11-9-15(25-16(11)14)13-10-26-18(19-13)20-17(23)12-7-8-22(2)21-12/h4-10H,3H2,1-2H3,(H,19,20,23). The van der Waals surface area contributed by atoms with Gasteiger partial charge in [-0.2, -0.15) is 5.10 Å². The molecule has 4 aromatic rings. The van der Waals surface area contributed by atoms with Crippen LogP contribution in [0.1, 0.15) is 17.4 Å². The molecule has 0 saturated carbocycles. The monoisotopic (exact) mass is 368 g/mol. The van der Waals surface area contributed by atoms with Crippen LogP contribution in [0.3, 0.4) is 0 Å². The lowest BCUT2D eigenvalue weighted by Crippen LogP contribution is -2.12. The largest absolute Gasteiger partial charge is 0.490 e. The van der Waals surface area contributed by atoms with E-state index < -0.39 is 0 Å². The predicted molar refractivity (Wildman–Crippen MR) is 99.7 cm³/mol. The molecule has 3 aromatic heterocycles. The summed E-state index contributed by atoms with van der Waals surface area (Å²) in [5.41, 5.74) is 1.69. The van der Waals surface area contributed by atoms with E-state index in [9.17, 15) is 4.79 Å². The van der Waals surface area contributed by atoms with Crippen molar-refractivity contribution in [3.05, 3.63) is 47.6 Å². The van der Waals surface area contributed by atoms with E-state index in [2.05, 4.69) is 15.4 Å². The van der Waals surface area contributed by atoms with E-state index in [0.29, 0.717) is 40.2 Å². The highest BCUT2D eigenvalue weighted by molar-refractivity contribution is 7.14. The number of carbonyl (C=O) groups is 1. The van der Waals surface area contributed by atoms with E-state index in [1.807, 2.05) is 36.6 Å². The summed E-state index contributed by atoms with van der Waals surface area (Å²) in [4.78, 5) is 16.6. The van der Waals surface area contributed by atoms with Crippen molar-refractivity contribution in [2.45, 2.75) is 6.92 Å². The second-order valence-electron chi connectivity index (χ2n) is 5.58. The molecule has 8 heteroatoms. The van der Waals surface area contributed by atoms with Gasteiger partial charge in [0.05, 0.1) is 6.61 Å². The van der Waals surface area contributed by atoms with Crippen molar-refractivity contribution in [2.24, 2.45) is 7.05 Å². The Kier molecular flexibility index (Phi) is 4.18. The van der Waals surface area contributed by atoms with Gasteiger partial charge in [0.1, 0.15) is 5.69 Å². The molecule has 0 aliphatic rings. The van der Waals surface area contributed by atoms with Gasteiger partial charge in [0.2, 0.25) is 0 Å². The Morgan fingerprint density at radius 1 is 1.38 bits per heavy atom. The summed E-state index contributed by atoms with van der Waals surface area (Å²) in [5.74, 6) is 1.03. The van der Waals surface area contributed by atoms with E-state index in [1.54, 1.807) is 24.0 Å². The van der Waals surface area contributed by atoms with E-state index in [-0.39, 0.29) is 5.91 Å². The number of carbonyl (C=O) groups excluding carboxylic acids is 1. The molecule has 0 aliphatic carbocycles. The van der Waals surface area contributed by atoms with Crippen LogP contribution in [-0.2, 0) is 7.05 Å². The normalized spacial score (nSPS) is 11.0. The number of nitrogens with zero attached hydrogens (tertiary/aromatic N) is 3. The van der Waals surface area contributed by atoms with Gasteiger partial charge >= 0.3 is 0 Å². The van der Waals surface area contributed by atoms with Crippen molar-refractivity contribution in [3.63, 3.8) is 0 Å². The highest BCUT2D eigenvalue weighted by Gasteiger charge is 2.15. The lowest BCUT2D eigenvalue weighted by atomic mass is 10.2. The first-order valence-electron chi connectivity index (χ1n) is 8.06. The van der Waals surface area contributed by atoms with Crippen molar-refractivity contribution in [1.82, 2.24) is 14.8 Å². The first kappa shape index (κ1) is 16.3. The molecule has 0 saturated heterocycles. The molecule has 0 fully saturated rings. The Bertz CT molecular complexity index is 1080. The minimum Gasteiger partial charge on any atom is -0.490 e. The summed E-state index contributed by atoms with van der Waals surface area (Å²) in [7, 11) is 1.76. The molecular formula is C18H16N4O3S. The first-order valence-corrected chi connectivity index (χ1v) is 8.94. The number of thiazole rings is 1. The van der Waals surface area contributed by atoms with E-state index in [4.69, 9.17) is 9.15 Å². The highest BCUT2D eigenvalue weighted by Crippen LogP contribution is 2.34. The molecule has 0 atom stereocenters. The highest BCUT2D eigenvalue weighted by atomic mass is 32.1. The summed E-state index contributed by atoms with van der Waals surface area (Å²) >= 11 is 1.33. The number of furan rings is 1. The van der Waals surface area contributed by atoms with E-state index in [1.165, 1.54) is 11.3 Å². The molecule has 1 amide bonds. The Hall–Kier alpha value is -3.13. The van der Waals surface area contributed by atoms with Crippen LogP contribution in [0.15, 0.2) is 46.3 Å². The maximum absolute atomic E-state index is 12.2. The van der Waals surface area contributed by atoms with Gasteiger partial charge in [-0.3, -0.25) is 14.8 Å². The molecule has 4 rings (SSSR count). The van der Waals surface area contributed by atoms with Crippen LogP contribution >= 0.6 is 11.3 Å². The molecule has 1 aromatic carbocycles. The van der Waals surface area contributed by atoms with Gasteiger partial charge in [-0.1, -0.05) is 12.1 Å². The fourth-order valence-corrected chi connectivity index (χ4v) is 3.27. The van der Waals surface area contributed by atoms with Crippen LogP contribution < -0.4 is 10.1 Å². The fourth-order valence-electron chi connectivity index (χ4n) is 2.57. The second-order valence-corrected chi connectivity index (χ2v) is 6.44. The number of fused-ring (bicyclic) bond motifs is 1. The zero-order valence-electron chi connectivity index (χ0n) is 14.2. The molecule has 132 valence electrons. The fraction of sp³-hybridized carbons (Fsp3) is 0.167. The maximum atomic E-state index is 12.2. The summed E-state index contributed by atoms with van der Waals surface area (Å²) in [6.45, 7) is 2.50. The predicted octanol–water partition coefficient (Wildman–Crippen LogP) is 3.94. The number of aromatic nitrogens is 3. The second kappa shape index (κ2) is 6.64. The average molecular weight is 368 g/mol. The smallest absolute Gasteiger partial charge is 0.277 e. The average Bonchev–Trinajstić information content (AvgIpc) is 3.34. The van der Waals surface area contributed by atoms with Crippen molar-refractivity contribution in [1.29, 1.82) is 0 Å². The number of rotatable bonds is 5. The minimum absolute atomic E-state index is 0.297. The van der Waals surface area contributed by atoms with Crippen molar-refractivity contribution >= 4 is 33.3 Å². The molecule has 0 aliphatic heterocycles. The van der Waals surface area contributed by atoms with Gasteiger partial charge < -0.3 is 9.15 Å². The maximum Gasteiger partial charge on any atom is 0.277 e. The summed E-state index contributed by atoms with van der Waals surface area (Å²) in [6.07, 6.45) is 1.71. The molecule has 0 bridgehead atoms. The number of hydrogen-bond acceptors (Lipinski definition) is 6. The summed E-state index contributed by atoms with van der Waals surface area (Å²) in [6, 6.07) is 9.32. The zero-order chi connectivity index (χ0) is 18.1. The van der Waals surface area contributed by atoms with E-state index >= 15 is 0 Å². The van der Waals surface area contributed by atoms with Gasteiger partial charge in [0.15, 0.2) is 27.9 Å². The number of hydrogen-bond donors (Lipinski definition) is 1. The number of amides is 1. The SMILES string of the molecule is CCOc1cccc2cc(-c3csc(NC(=O)c4ccn(C)n4)n3)oc12. The number of ether oxygens (including phenoxy) is 1. The molecular weight excluding hydrogens is 352 g/mol. The third-order valence-corrected chi connectivity index (χ3v) is 4.49. The van der Waals surface area contributed by atoms with Crippen LogP contribution in [0.4, 0.5) is 5.13 Å². The number of aryl methyl sites for hydroxylation is 1. The van der Waals surface area contributed by atoms with Crippen molar-refractivity contribution in [2.75, 3.05) is 11.9 Å². The van der Waals surface area contributed by atoms with Crippen molar-refractivity contribution < 1.29 is 13.9 Å². The molecule has 3 heterocycles. The van der Waals surface area contributed by atoms with Gasteiger partial charge in [-0.25, -0.2) is 4.98 Å². The Balaban J connectivity index is 1.59. The summed E-state index contributed by atoms with van der Waals surface area (Å²) < 4.78 is 13.1.